The molecule has 1 aromatic rings. The maximum absolute atomic E-state index is 13.3. The average Bonchev–Trinajstić information content (AvgIpc) is 2.21. The Morgan fingerprint density at radius 3 is 2.47 bits per heavy atom. The fraction of sp³-hybridized carbons (Fsp3) is 0.571. The van der Waals surface area contributed by atoms with E-state index in [0.29, 0.717) is 12.1 Å². The van der Waals surface area contributed by atoms with E-state index in [1.54, 1.807) is 13.0 Å². The molecule has 0 aromatic heterocycles. The molecule has 0 aliphatic carbocycles. The summed E-state index contributed by atoms with van der Waals surface area (Å²) in [6.45, 7) is 10.7. The van der Waals surface area contributed by atoms with Crippen LogP contribution in [0, 0.1) is 12.7 Å². The molecule has 96 valence electrons. The summed E-state index contributed by atoms with van der Waals surface area (Å²) in [4.78, 5) is 0. The highest BCUT2D eigenvalue weighted by atomic mass is 19.1. The van der Waals surface area contributed by atoms with Gasteiger partial charge in [-0.1, -0.05) is 12.1 Å². The molecule has 0 aliphatic rings. The summed E-state index contributed by atoms with van der Waals surface area (Å²) >= 11 is 0. The van der Waals surface area contributed by atoms with E-state index >= 15 is 0 Å². The van der Waals surface area contributed by atoms with Crippen LogP contribution in [-0.4, -0.2) is 18.6 Å². The van der Waals surface area contributed by atoms with Crippen molar-refractivity contribution in [1.29, 1.82) is 0 Å². The Morgan fingerprint density at radius 1 is 1.18 bits per heavy atom. The molecule has 2 N–H and O–H groups in total. The highest BCUT2D eigenvalue weighted by molar-refractivity contribution is 5.23. The average molecular weight is 238 g/mol. The maximum atomic E-state index is 13.3. The maximum Gasteiger partial charge on any atom is 0.126 e. The van der Waals surface area contributed by atoms with Crippen molar-refractivity contribution in [3.63, 3.8) is 0 Å². The Kier molecular flexibility index (Phi) is 5.09. The van der Waals surface area contributed by atoms with Crippen molar-refractivity contribution >= 4 is 0 Å². The van der Waals surface area contributed by atoms with Gasteiger partial charge in [0.25, 0.3) is 0 Å². The van der Waals surface area contributed by atoms with Gasteiger partial charge in [0.15, 0.2) is 0 Å². The molecular formula is C14H23FN2. The number of halogens is 1. The molecule has 0 unspecified atom stereocenters. The van der Waals surface area contributed by atoms with Gasteiger partial charge in [-0.15, -0.1) is 0 Å². The van der Waals surface area contributed by atoms with Gasteiger partial charge in [0.2, 0.25) is 0 Å². The molecule has 0 radical (unpaired) electrons. The van der Waals surface area contributed by atoms with Crippen LogP contribution in [-0.2, 0) is 6.54 Å². The van der Waals surface area contributed by atoms with Gasteiger partial charge in [0.05, 0.1) is 0 Å². The molecule has 0 amide bonds. The van der Waals surface area contributed by atoms with Crippen LogP contribution in [0.25, 0.3) is 0 Å². The molecule has 0 heterocycles. The smallest absolute Gasteiger partial charge is 0.126 e. The number of rotatable bonds is 5. The Labute approximate surface area is 104 Å². The van der Waals surface area contributed by atoms with Gasteiger partial charge in [0, 0.05) is 25.2 Å². The Morgan fingerprint density at radius 2 is 1.88 bits per heavy atom. The Balaban J connectivity index is 2.25. The number of hydrogen-bond acceptors (Lipinski definition) is 2. The van der Waals surface area contributed by atoms with Crippen molar-refractivity contribution in [1.82, 2.24) is 10.6 Å². The van der Waals surface area contributed by atoms with Crippen molar-refractivity contribution in [3.05, 3.63) is 35.1 Å². The van der Waals surface area contributed by atoms with Gasteiger partial charge in [0.1, 0.15) is 5.82 Å². The van der Waals surface area contributed by atoms with E-state index in [2.05, 4.69) is 31.4 Å². The first-order valence-corrected chi connectivity index (χ1v) is 6.09. The Hall–Kier alpha value is -0.930. The van der Waals surface area contributed by atoms with Crippen LogP contribution in [0.5, 0.6) is 0 Å². The molecule has 1 aromatic carbocycles. The van der Waals surface area contributed by atoms with Crippen LogP contribution < -0.4 is 10.6 Å². The highest BCUT2D eigenvalue weighted by Crippen LogP contribution is 2.08. The minimum absolute atomic E-state index is 0.128. The van der Waals surface area contributed by atoms with Crippen molar-refractivity contribution in [2.24, 2.45) is 0 Å². The van der Waals surface area contributed by atoms with Crippen molar-refractivity contribution in [2.45, 2.75) is 39.8 Å². The van der Waals surface area contributed by atoms with E-state index in [4.69, 9.17) is 0 Å². The molecule has 0 spiro atoms. The second-order valence-electron chi connectivity index (χ2n) is 5.44. The third-order valence-corrected chi connectivity index (χ3v) is 2.52. The molecule has 0 fully saturated rings. The summed E-state index contributed by atoms with van der Waals surface area (Å²) in [5.74, 6) is -0.128. The van der Waals surface area contributed by atoms with Gasteiger partial charge in [-0.3, -0.25) is 0 Å². The third kappa shape index (κ3) is 5.80. The topological polar surface area (TPSA) is 24.1 Å². The number of nitrogens with one attached hydrogen (secondary N) is 2. The first-order valence-electron chi connectivity index (χ1n) is 6.09. The molecule has 17 heavy (non-hydrogen) atoms. The Bertz CT molecular complexity index is 356. The zero-order chi connectivity index (χ0) is 12.9. The monoisotopic (exact) mass is 238 g/mol. The third-order valence-electron chi connectivity index (χ3n) is 2.52. The fourth-order valence-electron chi connectivity index (χ4n) is 1.50. The zero-order valence-electron chi connectivity index (χ0n) is 11.2. The molecule has 3 heteroatoms. The normalized spacial score (nSPS) is 11.8. The predicted octanol–water partition coefficient (Wildman–Crippen LogP) is 2.61. The van der Waals surface area contributed by atoms with E-state index in [9.17, 15) is 4.39 Å². The summed E-state index contributed by atoms with van der Waals surface area (Å²) in [5.41, 5.74) is 1.84. The largest absolute Gasteiger partial charge is 0.311 e. The lowest BCUT2D eigenvalue weighted by Crippen LogP contribution is -2.40. The van der Waals surface area contributed by atoms with Crippen LogP contribution in [0.2, 0.25) is 0 Å². The van der Waals surface area contributed by atoms with E-state index in [0.717, 1.165) is 18.7 Å². The predicted molar refractivity (Wildman–Crippen MR) is 70.6 cm³/mol. The van der Waals surface area contributed by atoms with E-state index in [1.165, 1.54) is 0 Å². The first kappa shape index (κ1) is 14.1. The number of hydrogen-bond donors (Lipinski definition) is 2. The minimum atomic E-state index is -0.128. The molecule has 0 atom stereocenters. The van der Waals surface area contributed by atoms with Crippen LogP contribution in [0.3, 0.4) is 0 Å². The summed E-state index contributed by atoms with van der Waals surface area (Å²) in [5, 5.41) is 6.68. The molecule has 0 bridgehead atoms. The van der Waals surface area contributed by atoms with E-state index in [-0.39, 0.29) is 11.4 Å². The van der Waals surface area contributed by atoms with Crippen molar-refractivity contribution < 1.29 is 4.39 Å². The molecular weight excluding hydrogens is 215 g/mol. The van der Waals surface area contributed by atoms with Gasteiger partial charge in [-0.25, -0.2) is 4.39 Å². The van der Waals surface area contributed by atoms with Gasteiger partial charge >= 0.3 is 0 Å². The minimum Gasteiger partial charge on any atom is -0.311 e. The van der Waals surface area contributed by atoms with Gasteiger partial charge in [-0.05, 0) is 44.9 Å². The summed E-state index contributed by atoms with van der Waals surface area (Å²) in [6.07, 6.45) is 0. The second-order valence-corrected chi connectivity index (χ2v) is 5.44. The van der Waals surface area contributed by atoms with Crippen molar-refractivity contribution in [3.8, 4) is 0 Å². The van der Waals surface area contributed by atoms with Crippen LogP contribution in [0.1, 0.15) is 31.9 Å². The van der Waals surface area contributed by atoms with E-state index < -0.39 is 0 Å². The molecule has 1 rings (SSSR count). The van der Waals surface area contributed by atoms with Crippen LogP contribution in [0.15, 0.2) is 18.2 Å². The molecule has 0 saturated heterocycles. The summed E-state index contributed by atoms with van der Waals surface area (Å²) in [7, 11) is 0. The lowest BCUT2D eigenvalue weighted by atomic mass is 10.1. The van der Waals surface area contributed by atoms with Crippen molar-refractivity contribution in [2.75, 3.05) is 13.1 Å². The zero-order valence-corrected chi connectivity index (χ0v) is 11.2. The summed E-state index contributed by atoms with van der Waals surface area (Å²) < 4.78 is 13.3. The van der Waals surface area contributed by atoms with Gasteiger partial charge < -0.3 is 10.6 Å². The first-order chi connectivity index (χ1) is 7.88. The molecule has 0 aliphatic heterocycles. The highest BCUT2D eigenvalue weighted by Gasteiger charge is 2.06. The number of benzene rings is 1. The second kappa shape index (κ2) is 6.12. The van der Waals surface area contributed by atoms with Crippen LogP contribution >= 0.6 is 0 Å². The van der Waals surface area contributed by atoms with Gasteiger partial charge in [-0.2, -0.15) is 0 Å². The lowest BCUT2D eigenvalue weighted by Gasteiger charge is -2.20. The quantitative estimate of drug-likeness (QED) is 0.771. The molecule has 2 nitrogen and oxygen atoms in total. The standard InChI is InChI=1S/C14H23FN2/c1-11-5-6-12(9-13(11)15)10-16-7-8-17-14(2,3)4/h5-6,9,16-17H,7-8,10H2,1-4H3. The summed E-state index contributed by atoms with van der Waals surface area (Å²) in [6, 6.07) is 5.38. The number of aryl methyl sites for hydroxylation is 1. The molecule has 0 saturated carbocycles. The van der Waals surface area contributed by atoms with Crippen LogP contribution in [0.4, 0.5) is 4.39 Å². The van der Waals surface area contributed by atoms with E-state index in [1.807, 2.05) is 12.1 Å². The lowest BCUT2D eigenvalue weighted by molar-refractivity contribution is 0.421. The fourth-order valence-corrected chi connectivity index (χ4v) is 1.50. The SMILES string of the molecule is Cc1ccc(CNCCNC(C)(C)C)cc1F.